The van der Waals surface area contributed by atoms with Crippen molar-refractivity contribution in [2.24, 2.45) is 0 Å². The van der Waals surface area contributed by atoms with Crippen LogP contribution in [-0.2, 0) is 0 Å². The largest absolute Gasteiger partial charge is 0.352 e. The number of hydrogen-bond donors (Lipinski definition) is 0. The molecule has 0 bridgehead atoms. The van der Waals surface area contributed by atoms with E-state index in [4.69, 9.17) is 0 Å². The van der Waals surface area contributed by atoms with Crippen molar-refractivity contribution < 1.29 is 4.79 Å². The first-order valence-corrected chi connectivity index (χ1v) is 8.60. The summed E-state index contributed by atoms with van der Waals surface area (Å²) in [5, 5.41) is 10.6. The van der Waals surface area contributed by atoms with Gasteiger partial charge in [-0.15, -0.1) is 16.4 Å². The molecule has 0 aromatic carbocycles. The molecule has 6 heteroatoms. The van der Waals surface area contributed by atoms with Gasteiger partial charge in [-0.3, -0.25) is 4.79 Å². The van der Waals surface area contributed by atoms with Gasteiger partial charge in [0, 0.05) is 32.1 Å². The van der Waals surface area contributed by atoms with Crippen LogP contribution in [0.25, 0.3) is 0 Å². The summed E-state index contributed by atoms with van der Waals surface area (Å²) in [5.41, 5.74) is 1.12. The van der Waals surface area contributed by atoms with Crippen LogP contribution in [0.2, 0.25) is 0 Å². The van der Waals surface area contributed by atoms with Crippen LogP contribution in [0.1, 0.15) is 34.1 Å². The molecule has 0 radical (unpaired) electrons. The van der Waals surface area contributed by atoms with Crippen molar-refractivity contribution in [3.8, 4) is 0 Å². The Labute approximate surface area is 133 Å². The minimum Gasteiger partial charge on any atom is -0.352 e. The molecular weight excluding hydrogens is 296 g/mol. The van der Waals surface area contributed by atoms with Crippen molar-refractivity contribution in [1.82, 2.24) is 15.1 Å². The van der Waals surface area contributed by atoms with Gasteiger partial charge in [0.25, 0.3) is 5.91 Å². The number of aromatic nitrogens is 2. The second-order valence-corrected chi connectivity index (χ2v) is 6.79. The monoisotopic (exact) mass is 314 g/mol. The highest BCUT2D eigenvalue weighted by molar-refractivity contribution is 7.12. The Balaban J connectivity index is 1.38. The van der Waals surface area contributed by atoms with E-state index in [-0.39, 0.29) is 5.91 Å². The van der Waals surface area contributed by atoms with E-state index in [0.29, 0.717) is 5.92 Å². The van der Waals surface area contributed by atoms with Gasteiger partial charge >= 0.3 is 0 Å². The van der Waals surface area contributed by atoms with E-state index in [2.05, 4.69) is 27.2 Å². The summed E-state index contributed by atoms with van der Waals surface area (Å²) in [6.07, 6.45) is 2.50. The van der Waals surface area contributed by atoms with Gasteiger partial charge in [-0.05, 0) is 36.4 Å². The maximum Gasteiger partial charge on any atom is 0.264 e. The predicted octanol–water partition coefficient (Wildman–Crippen LogP) is 2.38. The fourth-order valence-corrected chi connectivity index (χ4v) is 3.49. The summed E-state index contributed by atoms with van der Waals surface area (Å²) >= 11 is 1.50. The van der Waals surface area contributed by atoms with Crippen molar-refractivity contribution >= 4 is 23.1 Å². The Bertz CT molecular complexity index is 643. The first-order chi connectivity index (χ1) is 10.8. The zero-order valence-corrected chi connectivity index (χ0v) is 13.1. The molecule has 5 nitrogen and oxygen atoms in total. The fourth-order valence-electron chi connectivity index (χ4n) is 2.80. The first-order valence-electron chi connectivity index (χ1n) is 7.72. The van der Waals surface area contributed by atoms with Crippen LogP contribution in [0, 0.1) is 0 Å². The lowest BCUT2D eigenvalue weighted by molar-refractivity contribution is 0.0751. The molecule has 114 valence electrons. The van der Waals surface area contributed by atoms with E-state index >= 15 is 0 Å². The minimum atomic E-state index is 0.143. The van der Waals surface area contributed by atoms with Gasteiger partial charge in [0.15, 0.2) is 5.82 Å². The van der Waals surface area contributed by atoms with E-state index < -0.39 is 0 Å². The second kappa shape index (κ2) is 5.68. The minimum absolute atomic E-state index is 0.143. The Morgan fingerprint density at radius 2 is 1.91 bits per heavy atom. The summed E-state index contributed by atoms with van der Waals surface area (Å²) in [7, 11) is 0. The molecule has 1 saturated carbocycles. The summed E-state index contributed by atoms with van der Waals surface area (Å²) < 4.78 is 0. The molecule has 1 aliphatic carbocycles. The molecule has 0 atom stereocenters. The molecule has 0 spiro atoms. The number of thiophene rings is 1. The van der Waals surface area contributed by atoms with E-state index in [1.807, 2.05) is 22.4 Å². The normalized spacial score (nSPS) is 18.5. The molecule has 2 fully saturated rings. The number of rotatable bonds is 3. The topological polar surface area (TPSA) is 49.3 Å². The van der Waals surface area contributed by atoms with E-state index in [9.17, 15) is 4.79 Å². The zero-order chi connectivity index (χ0) is 14.9. The number of amides is 1. The van der Waals surface area contributed by atoms with Gasteiger partial charge in [0.1, 0.15) is 0 Å². The third-order valence-corrected chi connectivity index (χ3v) is 5.15. The molecule has 0 N–H and O–H groups in total. The highest BCUT2D eigenvalue weighted by atomic mass is 32.1. The van der Waals surface area contributed by atoms with E-state index in [1.165, 1.54) is 24.2 Å². The average molecular weight is 314 g/mol. The highest BCUT2D eigenvalue weighted by Gasteiger charge is 2.26. The number of hydrogen-bond acceptors (Lipinski definition) is 5. The van der Waals surface area contributed by atoms with Crippen LogP contribution < -0.4 is 4.90 Å². The summed E-state index contributed by atoms with van der Waals surface area (Å²) in [5.74, 6) is 1.71. The molecule has 2 aromatic rings. The van der Waals surface area contributed by atoms with E-state index in [1.54, 1.807) is 0 Å². The summed E-state index contributed by atoms with van der Waals surface area (Å²) in [6.45, 7) is 3.11. The van der Waals surface area contributed by atoms with Gasteiger partial charge in [0.2, 0.25) is 0 Å². The smallest absolute Gasteiger partial charge is 0.264 e. The molecular formula is C16H18N4OS. The third-order valence-electron chi connectivity index (χ3n) is 4.29. The molecule has 1 saturated heterocycles. The molecule has 1 amide bonds. The Morgan fingerprint density at radius 3 is 2.50 bits per heavy atom. The summed E-state index contributed by atoms with van der Waals surface area (Å²) in [6, 6.07) is 7.98. The van der Waals surface area contributed by atoms with Crippen LogP contribution in [0.5, 0.6) is 0 Å². The lowest BCUT2D eigenvalue weighted by Gasteiger charge is -2.35. The average Bonchev–Trinajstić information content (AvgIpc) is 3.29. The molecule has 0 unspecified atom stereocenters. The number of carbonyl (C=O) groups excluding carboxylic acids is 1. The zero-order valence-electron chi connectivity index (χ0n) is 12.3. The van der Waals surface area contributed by atoms with Crippen molar-refractivity contribution in [2.45, 2.75) is 18.8 Å². The van der Waals surface area contributed by atoms with Crippen molar-refractivity contribution in [3.05, 3.63) is 40.2 Å². The maximum absolute atomic E-state index is 12.3. The standard InChI is InChI=1S/C16H18N4OS/c21-16(14-2-1-11-22-14)20-9-7-19(8-10-20)15-6-5-13(17-18-15)12-3-4-12/h1-2,5-6,11-12H,3-4,7-10H2. The van der Waals surface area contributed by atoms with Crippen LogP contribution >= 0.6 is 11.3 Å². The molecule has 22 heavy (non-hydrogen) atoms. The molecule has 4 rings (SSSR count). The third kappa shape index (κ3) is 2.70. The lowest BCUT2D eigenvalue weighted by Crippen LogP contribution is -2.49. The van der Waals surface area contributed by atoms with Crippen LogP contribution in [0.15, 0.2) is 29.6 Å². The molecule has 3 heterocycles. The number of carbonyl (C=O) groups is 1. The van der Waals surface area contributed by atoms with Crippen LogP contribution in [-0.4, -0.2) is 47.2 Å². The maximum atomic E-state index is 12.3. The number of anilines is 1. The Morgan fingerprint density at radius 1 is 1.09 bits per heavy atom. The van der Waals surface area contributed by atoms with Gasteiger partial charge in [0.05, 0.1) is 10.6 Å². The first kappa shape index (κ1) is 13.7. The number of piperazine rings is 1. The second-order valence-electron chi connectivity index (χ2n) is 5.85. The predicted molar refractivity (Wildman–Crippen MR) is 86.4 cm³/mol. The van der Waals surface area contributed by atoms with Crippen molar-refractivity contribution in [3.63, 3.8) is 0 Å². The van der Waals surface area contributed by atoms with Crippen LogP contribution in [0.3, 0.4) is 0 Å². The molecule has 2 aliphatic rings. The lowest BCUT2D eigenvalue weighted by atomic mass is 10.2. The SMILES string of the molecule is O=C(c1cccs1)N1CCN(c2ccc(C3CC3)nn2)CC1. The van der Waals surface area contributed by atoms with Gasteiger partial charge in [-0.2, -0.15) is 5.10 Å². The Hall–Kier alpha value is -1.95. The van der Waals surface area contributed by atoms with Gasteiger partial charge < -0.3 is 9.80 Å². The highest BCUT2D eigenvalue weighted by Crippen LogP contribution is 2.38. The van der Waals surface area contributed by atoms with Gasteiger partial charge in [-0.25, -0.2) is 0 Å². The van der Waals surface area contributed by atoms with E-state index in [0.717, 1.165) is 42.6 Å². The summed E-state index contributed by atoms with van der Waals surface area (Å²) in [4.78, 5) is 17.3. The Kier molecular flexibility index (Phi) is 3.54. The van der Waals surface area contributed by atoms with Crippen molar-refractivity contribution in [2.75, 3.05) is 31.1 Å². The number of nitrogens with zero attached hydrogens (tertiary/aromatic N) is 4. The molecule has 1 aliphatic heterocycles. The quantitative estimate of drug-likeness (QED) is 0.873. The van der Waals surface area contributed by atoms with Gasteiger partial charge in [-0.1, -0.05) is 6.07 Å². The van der Waals surface area contributed by atoms with Crippen molar-refractivity contribution in [1.29, 1.82) is 0 Å². The molecule has 2 aromatic heterocycles. The van der Waals surface area contributed by atoms with Crippen LogP contribution in [0.4, 0.5) is 5.82 Å². The fraction of sp³-hybridized carbons (Fsp3) is 0.438.